The number of fused-ring (bicyclic) bond motifs is 1. The predicted molar refractivity (Wildman–Crippen MR) is 76.9 cm³/mol. The molecule has 0 aliphatic rings. The number of H-pyrrole nitrogens is 1. The summed E-state index contributed by atoms with van der Waals surface area (Å²) in [6, 6.07) is 7.18. The Morgan fingerprint density at radius 1 is 1.20 bits per heavy atom. The van der Waals surface area contributed by atoms with Crippen LogP contribution in [-0.2, 0) is 0 Å². The molecule has 0 saturated carbocycles. The quantitative estimate of drug-likeness (QED) is 0.773. The molecule has 100 valence electrons. The largest absolute Gasteiger partial charge is 0.481 e. The van der Waals surface area contributed by atoms with E-state index in [2.05, 4.69) is 15.0 Å². The highest BCUT2D eigenvalue weighted by molar-refractivity contribution is 5.84. The first-order valence-corrected chi connectivity index (χ1v) is 6.18. The maximum atomic E-state index is 12.2. The Morgan fingerprint density at radius 3 is 2.75 bits per heavy atom. The first-order valence-electron chi connectivity index (χ1n) is 6.18. The van der Waals surface area contributed by atoms with Crippen molar-refractivity contribution in [2.75, 3.05) is 7.11 Å². The zero-order valence-electron chi connectivity index (χ0n) is 11.2. The van der Waals surface area contributed by atoms with Crippen LogP contribution in [0.3, 0.4) is 0 Å². The number of aryl methyl sites for hydroxylation is 1. The van der Waals surface area contributed by atoms with Crippen molar-refractivity contribution in [2.45, 2.75) is 6.92 Å². The Labute approximate surface area is 115 Å². The van der Waals surface area contributed by atoms with E-state index in [0.717, 1.165) is 22.2 Å². The summed E-state index contributed by atoms with van der Waals surface area (Å²) in [5.41, 5.74) is 2.84. The Bertz CT molecular complexity index is 823. The standard InChI is InChI=1S/C15H13N3O2/c1-9-11-7-12(10-3-4-14(20-2)17-8-10)15(19)18-13(11)5-6-16-9/h3-8H,1-2H3,(H,18,19). The second-order valence-electron chi connectivity index (χ2n) is 4.46. The molecule has 0 spiro atoms. The number of aromatic nitrogens is 3. The third kappa shape index (κ3) is 2.03. The van der Waals surface area contributed by atoms with E-state index in [0.29, 0.717) is 11.4 Å². The SMILES string of the molecule is COc1ccc(-c2cc3c(C)nccc3[nH]c2=O)cn1. The van der Waals surface area contributed by atoms with Crippen molar-refractivity contribution in [3.63, 3.8) is 0 Å². The molecule has 3 aromatic rings. The predicted octanol–water partition coefficient (Wildman–Crippen LogP) is 2.30. The molecule has 0 aliphatic carbocycles. The van der Waals surface area contributed by atoms with Gasteiger partial charge in [-0.1, -0.05) is 0 Å². The number of nitrogens with zero attached hydrogens (tertiary/aromatic N) is 2. The Balaban J connectivity index is 2.22. The molecule has 0 bridgehead atoms. The molecule has 0 aliphatic heterocycles. The molecule has 3 heterocycles. The Morgan fingerprint density at radius 2 is 2.05 bits per heavy atom. The lowest BCUT2D eigenvalue weighted by Gasteiger charge is -2.05. The summed E-state index contributed by atoms with van der Waals surface area (Å²) in [5, 5.41) is 0.929. The molecule has 0 atom stereocenters. The van der Waals surface area contributed by atoms with Crippen molar-refractivity contribution in [2.24, 2.45) is 0 Å². The van der Waals surface area contributed by atoms with Crippen molar-refractivity contribution >= 4 is 10.9 Å². The first-order chi connectivity index (χ1) is 9.69. The highest BCUT2D eigenvalue weighted by atomic mass is 16.5. The van der Waals surface area contributed by atoms with Gasteiger partial charge in [0.1, 0.15) is 0 Å². The van der Waals surface area contributed by atoms with E-state index in [1.54, 1.807) is 31.6 Å². The van der Waals surface area contributed by atoms with E-state index in [1.807, 2.05) is 19.1 Å². The lowest BCUT2D eigenvalue weighted by Crippen LogP contribution is -2.09. The molecular weight excluding hydrogens is 254 g/mol. The van der Waals surface area contributed by atoms with Crippen molar-refractivity contribution in [3.05, 3.63) is 52.7 Å². The summed E-state index contributed by atoms with van der Waals surface area (Å²) in [7, 11) is 1.56. The minimum absolute atomic E-state index is 0.143. The van der Waals surface area contributed by atoms with Gasteiger partial charge in [-0.25, -0.2) is 4.98 Å². The third-order valence-electron chi connectivity index (χ3n) is 3.23. The molecule has 0 fully saturated rings. The van der Waals surface area contributed by atoms with Gasteiger partial charge in [-0.2, -0.15) is 0 Å². The lowest BCUT2D eigenvalue weighted by atomic mass is 10.1. The second-order valence-corrected chi connectivity index (χ2v) is 4.46. The number of aromatic amines is 1. The van der Waals surface area contributed by atoms with Gasteiger partial charge in [0.25, 0.3) is 5.56 Å². The minimum atomic E-state index is -0.143. The summed E-state index contributed by atoms with van der Waals surface area (Å²) < 4.78 is 5.02. The molecule has 1 N–H and O–H groups in total. The molecule has 5 heteroatoms. The monoisotopic (exact) mass is 267 g/mol. The third-order valence-corrected chi connectivity index (χ3v) is 3.23. The van der Waals surface area contributed by atoms with Gasteiger partial charge in [0.15, 0.2) is 0 Å². The highest BCUT2D eigenvalue weighted by Crippen LogP contribution is 2.21. The van der Waals surface area contributed by atoms with Crippen molar-refractivity contribution < 1.29 is 4.74 Å². The summed E-state index contributed by atoms with van der Waals surface area (Å²) in [5.74, 6) is 0.517. The van der Waals surface area contributed by atoms with Crippen LogP contribution in [0.1, 0.15) is 5.69 Å². The normalized spacial score (nSPS) is 10.7. The molecule has 5 nitrogen and oxygen atoms in total. The number of nitrogens with one attached hydrogen (secondary N) is 1. The van der Waals surface area contributed by atoms with Gasteiger partial charge in [-0.15, -0.1) is 0 Å². The van der Waals surface area contributed by atoms with Gasteiger partial charge in [0, 0.05) is 40.7 Å². The minimum Gasteiger partial charge on any atom is -0.481 e. The maximum absolute atomic E-state index is 12.2. The van der Waals surface area contributed by atoms with E-state index in [9.17, 15) is 4.79 Å². The average Bonchev–Trinajstić information content (AvgIpc) is 2.47. The van der Waals surface area contributed by atoms with Gasteiger partial charge < -0.3 is 9.72 Å². The molecule has 0 saturated heterocycles. The molecule has 0 amide bonds. The number of pyridine rings is 3. The number of methoxy groups -OCH3 is 1. The van der Waals surface area contributed by atoms with Crippen LogP contribution in [-0.4, -0.2) is 22.1 Å². The van der Waals surface area contributed by atoms with E-state index >= 15 is 0 Å². The molecule has 3 rings (SSSR count). The Hall–Kier alpha value is -2.69. The van der Waals surface area contributed by atoms with Crippen LogP contribution >= 0.6 is 0 Å². The van der Waals surface area contributed by atoms with E-state index in [1.165, 1.54) is 0 Å². The molecule has 3 aromatic heterocycles. The van der Waals surface area contributed by atoms with Gasteiger partial charge in [-0.3, -0.25) is 9.78 Å². The fourth-order valence-corrected chi connectivity index (χ4v) is 2.14. The first kappa shape index (κ1) is 12.3. The summed E-state index contributed by atoms with van der Waals surface area (Å²) >= 11 is 0. The van der Waals surface area contributed by atoms with Crippen molar-refractivity contribution in [1.29, 1.82) is 0 Å². The van der Waals surface area contributed by atoms with E-state index in [4.69, 9.17) is 4.74 Å². The Kier molecular flexibility index (Phi) is 2.95. The fraction of sp³-hybridized carbons (Fsp3) is 0.133. The summed E-state index contributed by atoms with van der Waals surface area (Å²) in [6.45, 7) is 1.91. The molecule has 0 radical (unpaired) electrons. The van der Waals surface area contributed by atoms with Gasteiger partial charge in [0.2, 0.25) is 5.88 Å². The number of hydrogen-bond acceptors (Lipinski definition) is 4. The van der Waals surface area contributed by atoms with Crippen LogP contribution in [0.4, 0.5) is 0 Å². The van der Waals surface area contributed by atoms with Gasteiger partial charge in [0.05, 0.1) is 12.6 Å². The molecule has 20 heavy (non-hydrogen) atoms. The summed E-state index contributed by atoms with van der Waals surface area (Å²) in [6.07, 6.45) is 3.31. The van der Waals surface area contributed by atoms with Gasteiger partial charge >= 0.3 is 0 Å². The van der Waals surface area contributed by atoms with Crippen LogP contribution < -0.4 is 10.3 Å². The topological polar surface area (TPSA) is 67.9 Å². The molecular formula is C15H13N3O2. The summed E-state index contributed by atoms with van der Waals surface area (Å²) in [4.78, 5) is 23.4. The zero-order chi connectivity index (χ0) is 14.1. The van der Waals surface area contributed by atoms with Crippen molar-refractivity contribution in [3.8, 4) is 17.0 Å². The van der Waals surface area contributed by atoms with Crippen molar-refractivity contribution in [1.82, 2.24) is 15.0 Å². The zero-order valence-corrected chi connectivity index (χ0v) is 11.2. The van der Waals surface area contributed by atoms with Crippen LogP contribution in [0.2, 0.25) is 0 Å². The van der Waals surface area contributed by atoms with E-state index < -0.39 is 0 Å². The van der Waals surface area contributed by atoms with Crippen LogP contribution in [0.25, 0.3) is 22.0 Å². The van der Waals surface area contributed by atoms with Crippen LogP contribution in [0.15, 0.2) is 41.5 Å². The molecule has 0 unspecified atom stereocenters. The van der Waals surface area contributed by atoms with Crippen LogP contribution in [0.5, 0.6) is 5.88 Å². The fourth-order valence-electron chi connectivity index (χ4n) is 2.14. The van der Waals surface area contributed by atoms with E-state index in [-0.39, 0.29) is 5.56 Å². The smallest absolute Gasteiger partial charge is 0.256 e. The number of hydrogen-bond donors (Lipinski definition) is 1. The second kappa shape index (κ2) is 4.77. The van der Waals surface area contributed by atoms with Gasteiger partial charge in [-0.05, 0) is 25.1 Å². The van der Waals surface area contributed by atoms with Crippen LogP contribution in [0, 0.1) is 6.92 Å². The lowest BCUT2D eigenvalue weighted by molar-refractivity contribution is 0.398. The molecule has 0 aromatic carbocycles. The number of rotatable bonds is 2. The number of ether oxygens (including phenoxy) is 1. The average molecular weight is 267 g/mol. The highest BCUT2D eigenvalue weighted by Gasteiger charge is 2.08. The maximum Gasteiger partial charge on any atom is 0.256 e.